The van der Waals surface area contributed by atoms with E-state index in [0.717, 1.165) is 16.7 Å². The van der Waals surface area contributed by atoms with Crippen LogP contribution in [-0.4, -0.2) is 13.0 Å². The Morgan fingerprint density at radius 1 is 1.09 bits per heavy atom. The zero-order valence-electron chi connectivity index (χ0n) is 18.1. The maximum atomic E-state index is 13.9. The molecule has 0 saturated carbocycles. The molecule has 5 nitrogen and oxygen atoms in total. The van der Waals surface area contributed by atoms with Crippen LogP contribution in [0, 0.1) is 31.0 Å². The number of nitrogens with zero attached hydrogens (tertiary/aromatic N) is 1. The highest BCUT2D eigenvalue weighted by Gasteiger charge is 2.14. The number of hydrogen-bond acceptors (Lipinski definition) is 4. The van der Waals surface area contributed by atoms with E-state index in [1.54, 1.807) is 31.4 Å². The standard InChI is InChI=1S/C26H23FN2O3/c1-17-10-18(2)12-19(11-17)16-32-25-14-22(31-3)9-8-20(25)13-21(15-28)26(30)29-24-7-5-4-6-23(24)27/h4-14H,16H2,1-3H3,(H,29,30)/b21-13+. The van der Waals surface area contributed by atoms with Gasteiger partial charge in [0.25, 0.3) is 5.91 Å². The van der Waals surface area contributed by atoms with Crippen LogP contribution in [0.15, 0.2) is 66.2 Å². The number of carbonyl (C=O) groups excluding carboxylic acids is 1. The molecule has 0 aliphatic rings. The lowest BCUT2D eigenvalue weighted by Crippen LogP contribution is -2.14. The van der Waals surface area contributed by atoms with Crippen molar-refractivity contribution in [2.45, 2.75) is 20.5 Å². The van der Waals surface area contributed by atoms with Crippen LogP contribution in [0.4, 0.5) is 10.1 Å². The van der Waals surface area contributed by atoms with Crippen molar-refractivity contribution in [3.63, 3.8) is 0 Å². The molecule has 0 spiro atoms. The Balaban J connectivity index is 1.88. The number of halogens is 1. The quantitative estimate of drug-likeness (QED) is 0.393. The fourth-order valence-electron chi connectivity index (χ4n) is 3.26. The van der Waals surface area contributed by atoms with Crippen molar-refractivity contribution < 1.29 is 18.7 Å². The van der Waals surface area contributed by atoms with E-state index in [4.69, 9.17) is 9.47 Å². The van der Waals surface area contributed by atoms with Gasteiger partial charge in [-0.3, -0.25) is 4.79 Å². The van der Waals surface area contributed by atoms with Gasteiger partial charge in [-0.15, -0.1) is 0 Å². The molecule has 3 aromatic carbocycles. The Kier molecular flexibility index (Phi) is 7.25. The Labute approximate surface area is 186 Å². The SMILES string of the molecule is COc1ccc(/C=C(\C#N)C(=O)Nc2ccccc2F)c(OCc2cc(C)cc(C)c2)c1. The van der Waals surface area contributed by atoms with Gasteiger partial charge in [0.1, 0.15) is 35.6 Å². The van der Waals surface area contributed by atoms with E-state index in [-0.39, 0.29) is 11.3 Å². The van der Waals surface area contributed by atoms with Gasteiger partial charge in [-0.05, 0) is 49.8 Å². The van der Waals surface area contributed by atoms with E-state index in [2.05, 4.69) is 11.4 Å². The fourth-order valence-corrected chi connectivity index (χ4v) is 3.26. The van der Waals surface area contributed by atoms with Gasteiger partial charge in [-0.25, -0.2) is 4.39 Å². The van der Waals surface area contributed by atoms with Crippen LogP contribution in [0.5, 0.6) is 11.5 Å². The van der Waals surface area contributed by atoms with Crippen LogP contribution < -0.4 is 14.8 Å². The van der Waals surface area contributed by atoms with Crippen molar-refractivity contribution in [3.05, 3.63) is 94.3 Å². The molecule has 0 aromatic heterocycles. The highest BCUT2D eigenvalue weighted by atomic mass is 19.1. The maximum absolute atomic E-state index is 13.9. The Morgan fingerprint density at radius 3 is 2.47 bits per heavy atom. The number of hydrogen-bond donors (Lipinski definition) is 1. The summed E-state index contributed by atoms with van der Waals surface area (Å²) in [7, 11) is 1.54. The summed E-state index contributed by atoms with van der Waals surface area (Å²) in [6, 6.07) is 18.9. The van der Waals surface area contributed by atoms with Crippen molar-refractivity contribution in [1.82, 2.24) is 0 Å². The third-order valence-corrected chi connectivity index (χ3v) is 4.68. The molecule has 32 heavy (non-hydrogen) atoms. The lowest BCUT2D eigenvalue weighted by molar-refractivity contribution is -0.112. The number of nitriles is 1. The third-order valence-electron chi connectivity index (χ3n) is 4.68. The number of benzene rings is 3. The average Bonchev–Trinajstić information content (AvgIpc) is 2.77. The summed E-state index contributed by atoms with van der Waals surface area (Å²) < 4.78 is 25.2. The summed E-state index contributed by atoms with van der Waals surface area (Å²) in [5.74, 6) is -0.268. The molecule has 3 aromatic rings. The third kappa shape index (κ3) is 5.73. The lowest BCUT2D eigenvalue weighted by atomic mass is 10.1. The van der Waals surface area contributed by atoms with E-state index in [1.165, 1.54) is 24.3 Å². The summed E-state index contributed by atoms with van der Waals surface area (Å²) in [6.45, 7) is 4.34. The van der Waals surface area contributed by atoms with Crippen LogP contribution >= 0.6 is 0 Å². The number of anilines is 1. The number of ether oxygens (including phenoxy) is 2. The number of nitrogens with one attached hydrogen (secondary N) is 1. The number of methoxy groups -OCH3 is 1. The van der Waals surface area contributed by atoms with Crippen molar-refractivity contribution in [1.29, 1.82) is 5.26 Å². The number of aryl methyl sites for hydroxylation is 2. The Morgan fingerprint density at radius 2 is 1.81 bits per heavy atom. The predicted octanol–water partition coefficient (Wildman–Crippen LogP) is 5.58. The first-order valence-electron chi connectivity index (χ1n) is 9.95. The number of amides is 1. The zero-order chi connectivity index (χ0) is 23.1. The zero-order valence-corrected chi connectivity index (χ0v) is 18.1. The number of carbonyl (C=O) groups is 1. The summed E-state index contributed by atoms with van der Waals surface area (Å²) in [4.78, 5) is 12.6. The first-order valence-corrected chi connectivity index (χ1v) is 9.95. The minimum atomic E-state index is -0.714. The summed E-state index contributed by atoms with van der Waals surface area (Å²) >= 11 is 0. The minimum Gasteiger partial charge on any atom is -0.497 e. The van der Waals surface area contributed by atoms with Crippen molar-refractivity contribution in [2.75, 3.05) is 12.4 Å². The molecule has 0 atom stereocenters. The summed E-state index contributed by atoms with van der Waals surface area (Å²) in [5, 5.41) is 12.0. The molecule has 3 rings (SSSR count). The van der Waals surface area contributed by atoms with Crippen molar-refractivity contribution in [3.8, 4) is 17.6 Å². The molecule has 0 unspecified atom stereocenters. The van der Waals surface area contributed by atoms with Gasteiger partial charge < -0.3 is 14.8 Å². The van der Waals surface area contributed by atoms with Crippen molar-refractivity contribution in [2.24, 2.45) is 0 Å². The molecule has 0 fully saturated rings. The van der Waals surface area contributed by atoms with E-state index < -0.39 is 11.7 Å². The molecular formula is C26H23FN2O3. The van der Waals surface area contributed by atoms with Crippen LogP contribution in [-0.2, 0) is 11.4 Å². The van der Waals surface area contributed by atoms with Crippen molar-refractivity contribution >= 4 is 17.7 Å². The van der Waals surface area contributed by atoms with Gasteiger partial charge in [0.15, 0.2) is 0 Å². The lowest BCUT2D eigenvalue weighted by Gasteiger charge is -2.13. The molecule has 162 valence electrons. The van der Waals surface area contributed by atoms with E-state index in [9.17, 15) is 14.4 Å². The molecule has 0 aliphatic carbocycles. The normalized spacial score (nSPS) is 10.9. The summed E-state index contributed by atoms with van der Waals surface area (Å²) in [5.41, 5.74) is 3.60. The first-order chi connectivity index (χ1) is 15.4. The maximum Gasteiger partial charge on any atom is 0.266 e. The van der Waals surface area contributed by atoms with Gasteiger partial charge in [-0.2, -0.15) is 5.26 Å². The Bertz CT molecular complexity index is 1190. The van der Waals surface area contributed by atoms with Gasteiger partial charge >= 0.3 is 0 Å². The van der Waals surface area contributed by atoms with Gasteiger partial charge in [0, 0.05) is 11.6 Å². The van der Waals surface area contributed by atoms with Crippen LogP contribution in [0.1, 0.15) is 22.3 Å². The largest absolute Gasteiger partial charge is 0.497 e. The van der Waals surface area contributed by atoms with E-state index in [1.807, 2.05) is 32.0 Å². The smallest absolute Gasteiger partial charge is 0.266 e. The fraction of sp³-hybridized carbons (Fsp3) is 0.154. The molecular weight excluding hydrogens is 407 g/mol. The van der Waals surface area contributed by atoms with Gasteiger partial charge in [-0.1, -0.05) is 41.5 Å². The molecule has 0 aliphatic heterocycles. The molecule has 0 radical (unpaired) electrons. The van der Waals surface area contributed by atoms with Crippen LogP contribution in [0.25, 0.3) is 6.08 Å². The highest BCUT2D eigenvalue weighted by molar-refractivity contribution is 6.09. The summed E-state index contributed by atoms with van der Waals surface area (Å²) in [6.07, 6.45) is 1.41. The minimum absolute atomic E-state index is 0.000304. The van der Waals surface area contributed by atoms with E-state index >= 15 is 0 Å². The van der Waals surface area contributed by atoms with Crippen LogP contribution in [0.3, 0.4) is 0 Å². The molecule has 0 heterocycles. The molecule has 1 amide bonds. The number of para-hydroxylation sites is 1. The second kappa shape index (κ2) is 10.3. The highest BCUT2D eigenvalue weighted by Crippen LogP contribution is 2.28. The first kappa shape index (κ1) is 22.6. The van der Waals surface area contributed by atoms with E-state index in [0.29, 0.717) is 23.7 Å². The van der Waals surface area contributed by atoms with Gasteiger partial charge in [0.05, 0.1) is 12.8 Å². The average molecular weight is 430 g/mol. The Hall–Kier alpha value is -4.11. The molecule has 1 N–H and O–H groups in total. The predicted molar refractivity (Wildman–Crippen MR) is 122 cm³/mol. The van der Waals surface area contributed by atoms with Gasteiger partial charge in [0.2, 0.25) is 0 Å². The monoisotopic (exact) mass is 430 g/mol. The molecule has 6 heteroatoms. The second-order valence-electron chi connectivity index (χ2n) is 7.29. The molecule has 0 saturated heterocycles. The molecule has 0 bridgehead atoms. The number of rotatable bonds is 7. The second-order valence-corrected chi connectivity index (χ2v) is 7.29. The van der Waals surface area contributed by atoms with Crippen LogP contribution in [0.2, 0.25) is 0 Å². The topological polar surface area (TPSA) is 71.3 Å².